The second-order valence-electron chi connectivity index (χ2n) is 2.74. The van der Waals surface area contributed by atoms with E-state index in [0.29, 0.717) is 0 Å². The van der Waals surface area contributed by atoms with Crippen LogP contribution < -0.4 is 0 Å². The van der Waals surface area contributed by atoms with Crippen LogP contribution >= 0.6 is 0 Å². The lowest BCUT2D eigenvalue weighted by Crippen LogP contribution is -1.42. The van der Waals surface area contributed by atoms with Crippen molar-refractivity contribution in [3.8, 4) is 0 Å². The topological polar surface area (TPSA) is 0 Å². The Hall–Kier alpha value is 0. The van der Waals surface area contributed by atoms with E-state index >= 15 is 0 Å². The van der Waals surface area contributed by atoms with Gasteiger partial charge in [0.25, 0.3) is 0 Å². The zero-order chi connectivity index (χ0) is 5.11. The highest BCUT2D eigenvalue weighted by Gasteiger charge is 2.12. The van der Waals surface area contributed by atoms with Gasteiger partial charge < -0.3 is 0 Å². The summed E-state index contributed by atoms with van der Waals surface area (Å²) in [5.74, 6) is 1.08. The first-order valence-corrected chi connectivity index (χ1v) is 3.39. The molecule has 0 heteroatoms. The van der Waals surface area contributed by atoms with Gasteiger partial charge in [0, 0.05) is 0 Å². The molecule has 0 amide bonds. The van der Waals surface area contributed by atoms with Crippen LogP contribution in [0.4, 0.5) is 0 Å². The van der Waals surface area contributed by atoms with Crippen molar-refractivity contribution in [1.29, 1.82) is 0 Å². The summed E-state index contributed by atoms with van der Waals surface area (Å²) in [7, 11) is 0. The van der Waals surface area contributed by atoms with Crippen molar-refractivity contribution < 1.29 is 0 Å². The van der Waals surface area contributed by atoms with Gasteiger partial charge in [-0.05, 0) is 5.92 Å². The second kappa shape index (κ2) is 2.34. The van der Waals surface area contributed by atoms with Crippen molar-refractivity contribution in [3.05, 3.63) is 0 Å². The van der Waals surface area contributed by atoms with Gasteiger partial charge >= 0.3 is 0 Å². The maximum atomic E-state index is 2.28. The lowest BCUT2D eigenvalue weighted by molar-refractivity contribution is 0.983. The van der Waals surface area contributed by atoms with Crippen molar-refractivity contribution >= 4 is 0 Å². The summed E-state index contributed by atoms with van der Waals surface area (Å²) in [6.45, 7) is 2.28. The molecular weight excluding hydrogens is 84.1 g/mol. The van der Waals surface area contributed by atoms with Crippen LogP contribution in [0.15, 0.2) is 0 Å². The van der Waals surface area contributed by atoms with Crippen LogP contribution in [-0.2, 0) is 0 Å². The Morgan fingerprint density at radius 3 is 1.29 bits per heavy atom. The molecule has 0 aliphatic heterocycles. The third-order valence-electron chi connectivity index (χ3n) is 1.22. The van der Waals surface area contributed by atoms with Crippen molar-refractivity contribution in [3.63, 3.8) is 0 Å². The smallest absolute Gasteiger partial charge is 0.0443 e. The molecule has 0 spiro atoms. The number of hydrogen-bond acceptors (Lipinski definition) is 0. The fourth-order valence-corrected chi connectivity index (χ4v) is 0.167. The Labute approximate surface area is 45.9 Å². The molecule has 2 aliphatic rings. The highest BCUT2D eigenvalue weighted by atomic mass is 14.2. The highest BCUT2D eigenvalue weighted by molar-refractivity contribution is 4.65. The molecule has 0 aromatic carbocycles. The van der Waals surface area contributed by atoms with Crippen LogP contribution in [-0.4, -0.2) is 0 Å². The molecule has 0 aromatic heterocycles. The summed E-state index contributed by atoms with van der Waals surface area (Å²) < 4.78 is 0. The van der Waals surface area contributed by atoms with Crippen LogP contribution in [0.1, 0.15) is 39.0 Å². The molecule has 0 atom stereocenters. The third kappa shape index (κ3) is 6.00. The molecule has 0 heterocycles. The van der Waals surface area contributed by atoms with E-state index in [-0.39, 0.29) is 0 Å². The highest BCUT2D eigenvalue weighted by Crippen LogP contribution is 2.26. The summed E-state index contributed by atoms with van der Waals surface area (Å²) in [5, 5.41) is 0. The summed E-state index contributed by atoms with van der Waals surface area (Å²) >= 11 is 0. The third-order valence-corrected chi connectivity index (χ3v) is 1.22. The standard InChI is InChI=1S/C4H8.C3H6/c1-4-2-3-4;1-2-3-1/h4H,2-3H2,1H3;1-3H2. The van der Waals surface area contributed by atoms with Crippen LogP contribution in [0.2, 0.25) is 0 Å². The fraction of sp³-hybridized carbons (Fsp3) is 1.00. The predicted molar refractivity (Wildman–Crippen MR) is 32.2 cm³/mol. The van der Waals surface area contributed by atoms with Gasteiger partial charge in [-0.25, -0.2) is 0 Å². The Morgan fingerprint density at radius 2 is 1.29 bits per heavy atom. The minimum atomic E-state index is 1.08. The van der Waals surface area contributed by atoms with E-state index < -0.39 is 0 Å². The predicted octanol–water partition coefficient (Wildman–Crippen LogP) is 2.59. The molecule has 2 fully saturated rings. The SMILES string of the molecule is C1CC1.CC1CC1. The van der Waals surface area contributed by atoms with Crippen molar-refractivity contribution in [2.75, 3.05) is 0 Å². The Morgan fingerprint density at radius 1 is 1.00 bits per heavy atom. The first-order valence-electron chi connectivity index (χ1n) is 3.39. The Bertz CT molecular complexity index is 39.2. The van der Waals surface area contributed by atoms with Gasteiger partial charge in [-0.15, -0.1) is 0 Å². The van der Waals surface area contributed by atoms with Gasteiger partial charge in [-0.3, -0.25) is 0 Å². The van der Waals surface area contributed by atoms with Crippen LogP contribution in [0, 0.1) is 5.92 Å². The van der Waals surface area contributed by atoms with E-state index in [9.17, 15) is 0 Å². The van der Waals surface area contributed by atoms with Gasteiger partial charge in [-0.2, -0.15) is 0 Å². The van der Waals surface area contributed by atoms with Crippen LogP contribution in [0.25, 0.3) is 0 Å². The molecule has 0 bridgehead atoms. The lowest BCUT2D eigenvalue weighted by Gasteiger charge is -1.53. The molecule has 2 saturated carbocycles. The van der Waals surface area contributed by atoms with E-state index in [0.717, 1.165) is 5.92 Å². The minimum absolute atomic E-state index is 1.08. The van der Waals surface area contributed by atoms with Gasteiger partial charge in [0.05, 0.1) is 0 Å². The Balaban J connectivity index is 0.0000000729. The molecule has 0 radical (unpaired) electrons. The van der Waals surface area contributed by atoms with Gasteiger partial charge in [0.2, 0.25) is 0 Å². The summed E-state index contributed by atoms with van der Waals surface area (Å²) in [4.78, 5) is 0. The molecule has 0 unspecified atom stereocenters. The molecule has 2 rings (SSSR count). The van der Waals surface area contributed by atoms with E-state index in [4.69, 9.17) is 0 Å². The molecule has 0 N–H and O–H groups in total. The minimum Gasteiger partial charge on any atom is -0.0625 e. The maximum absolute atomic E-state index is 2.28. The molecule has 7 heavy (non-hydrogen) atoms. The van der Waals surface area contributed by atoms with E-state index in [1.54, 1.807) is 0 Å². The van der Waals surface area contributed by atoms with Gasteiger partial charge in [-0.1, -0.05) is 39.0 Å². The lowest BCUT2D eigenvalue weighted by atomic mass is 10.5. The quantitative estimate of drug-likeness (QED) is 0.437. The molecule has 0 saturated heterocycles. The van der Waals surface area contributed by atoms with Crippen molar-refractivity contribution in [1.82, 2.24) is 0 Å². The zero-order valence-electron chi connectivity index (χ0n) is 5.11. The van der Waals surface area contributed by atoms with Crippen molar-refractivity contribution in [2.45, 2.75) is 39.0 Å². The maximum Gasteiger partial charge on any atom is -0.0443 e. The molecular formula is C7H14. The monoisotopic (exact) mass is 98.1 g/mol. The fourth-order valence-electron chi connectivity index (χ4n) is 0.167. The average molecular weight is 98.2 g/mol. The van der Waals surface area contributed by atoms with Crippen molar-refractivity contribution in [2.24, 2.45) is 5.92 Å². The summed E-state index contributed by atoms with van der Waals surface area (Å²) in [6.07, 6.45) is 7.47. The summed E-state index contributed by atoms with van der Waals surface area (Å²) in [6, 6.07) is 0. The Kier molecular flexibility index (Phi) is 1.72. The van der Waals surface area contributed by atoms with E-state index in [1.807, 2.05) is 0 Å². The zero-order valence-corrected chi connectivity index (χ0v) is 5.11. The number of rotatable bonds is 0. The van der Waals surface area contributed by atoms with E-state index in [1.165, 1.54) is 32.1 Å². The van der Waals surface area contributed by atoms with Crippen LogP contribution in [0.5, 0.6) is 0 Å². The van der Waals surface area contributed by atoms with Crippen LogP contribution in [0.3, 0.4) is 0 Å². The molecule has 0 aromatic rings. The largest absolute Gasteiger partial charge is 0.0625 e. The number of hydrogen-bond donors (Lipinski definition) is 0. The van der Waals surface area contributed by atoms with Gasteiger partial charge in [0.15, 0.2) is 0 Å². The first kappa shape index (κ1) is 5.14. The molecule has 2 aliphatic carbocycles. The normalized spacial score (nSPS) is 25.3. The van der Waals surface area contributed by atoms with Gasteiger partial charge in [0.1, 0.15) is 0 Å². The van der Waals surface area contributed by atoms with E-state index in [2.05, 4.69) is 6.92 Å². The summed E-state index contributed by atoms with van der Waals surface area (Å²) in [5.41, 5.74) is 0. The molecule has 0 nitrogen and oxygen atoms in total. The molecule has 42 valence electrons. The average Bonchev–Trinajstić information content (AvgIpc) is 2.27. The first-order chi connectivity index (χ1) is 3.39. The second-order valence-corrected chi connectivity index (χ2v) is 2.74.